The first-order chi connectivity index (χ1) is 9.53. The molecule has 0 unspecified atom stereocenters. The molecule has 1 aliphatic heterocycles. The number of hydrogen-bond acceptors (Lipinski definition) is 3. The second kappa shape index (κ2) is 6.92. The number of halogens is 1. The maximum atomic E-state index is 12.5. The lowest BCUT2D eigenvalue weighted by Gasteiger charge is -2.29. The Kier molecular flexibility index (Phi) is 5.47. The summed E-state index contributed by atoms with van der Waals surface area (Å²) in [6.07, 6.45) is 1.04. The van der Waals surface area contributed by atoms with Crippen LogP contribution in [0.1, 0.15) is 25.1 Å². The molecular formula is C15H23ClN2OS. The maximum Gasteiger partial charge on any atom is 0.229 e. The summed E-state index contributed by atoms with van der Waals surface area (Å²) in [7, 11) is 0. The van der Waals surface area contributed by atoms with E-state index in [9.17, 15) is 4.79 Å². The van der Waals surface area contributed by atoms with E-state index in [2.05, 4.69) is 22.4 Å². The Morgan fingerprint density at radius 3 is 2.80 bits per heavy atom. The molecule has 0 atom stereocenters. The summed E-state index contributed by atoms with van der Waals surface area (Å²) in [6, 6.07) is 4.27. The van der Waals surface area contributed by atoms with Gasteiger partial charge in [-0.2, -0.15) is 0 Å². The minimum Gasteiger partial charge on any atom is -0.341 e. The Labute approximate surface area is 130 Å². The first kappa shape index (κ1) is 15.8. The largest absolute Gasteiger partial charge is 0.341 e. The zero-order valence-electron chi connectivity index (χ0n) is 12.3. The molecule has 0 spiro atoms. The molecule has 1 aromatic rings. The molecule has 1 fully saturated rings. The summed E-state index contributed by atoms with van der Waals surface area (Å²) in [5, 5.41) is 2.12. The third-order valence-electron chi connectivity index (χ3n) is 3.75. The van der Waals surface area contributed by atoms with Gasteiger partial charge in [-0.15, -0.1) is 22.9 Å². The van der Waals surface area contributed by atoms with Crippen molar-refractivity contribution < 1.29 is 4.79 Å². The lowest BCUT2D eigenvalue weighted by molar-refractivity contribution is -0.139. The fourth-order valence-electron chi connectivity index (χ4n) is 2.44. The molecule has 0 aromatic carbocycles. The van der Waals surface area contributed by atoms with Crippen LogP contribution in [0.3, 0.4) is 0 Å². The van der Waals surface area contributed by atoms with Crippen molar-refractivity contribution in [1.82, 2.24) is 9.80 Å². The second-order valence-corrected chi connectivity index (χ2v) is 7.32. The molecule has 5 heteroatoms. The zero-order valence-corrected chi connectivity index (χ0v) is 13.8. The van der Waals surface area contributed by atoms with Crippen LogP contribution in [0.2, 0.25) is 0 Å². The minimum absolute atomic E-state index is 0.186. The number of alkyl halides is 1. The Morgan fingerprint density at radius 2 is 2.15 bits per heavy atom. The fraction of sp³-hybridized carbons (Fsp3) is 0.667. The number of hydrogen-bond donors (Lipinski definition) is 0. The van der Waals surface area contributed by atoms with Crippen LogP contribution in [0.25, 0.3) is 0 Å². The average Bonchev–Trinajstić information content (AvgIpc) is 2.83. The van der Waals surface area contributed by atoms with Crippen molar-refractivity contribution >= 4 is 28.8 Å². The first-order valence-electron chi connectivity index (χ1n) is 7.13. The van der Waals surface area contributed by atoms with E-state index in [0.29, 0.717) is 5.88 Å². The van der Waals surface area contributed by atoms with Gasteiger partial charge in [-0.05, 0) is 31.7 Å². The van der Waals surface area contributed by atoms with Crippen LogP contribution in [0.5, 0.6) is 0 Å². The Bertz CT molecular complexity index is 433. The van der Waals surface area contributed by atoms with Gasteiger partial charge in [-0.1, -0.05) is 6.07 Å². The van der Waals surface area contributed by atoms with Crippen LogP contribution in [0.15, 0.2) is 17.5 Å². The predicted molar refractivity (Wildman–Crippen MR) is 85.3 cm³/mol. The molecule has 1 amide bonds. The molecule has 3 nitrogen and oxygen atoms in total. The van der Waals surface area contributed by atoms with Crippen LogP contribution in [-0.4, -0.2) is 47.8 Å². The molecule has 20 heavy (non-hydrogen) atoms. The van der Waals surface area contributed by atoms with Gasteiger partial charge in [0.25, 0.3) is 0 Å². The first-order valence-corrected chi connectivity index (χ1v) is 8.54. The summed E-state index contributed by atoms with van der Waals surface area (Å²) in [6.45, 7) is 8.52. The molecule has 2 heterocycles. The van der Waals surface area contributed by atoms with Gasteiger partial charge >= 0.3 is 0 Å². The molecule has 0 saturated carbocycles. The van der Waals surface area contributed by atoms with Gasteiger partial charge in [0.15, 0.2) is 0 Å². The monoisotopic (exact) mass is 314 g/mol. The van der Waals surface area contributed by atoms with Gasteiger partial charge in [-0.3, -0.25) is 9.69 Å². The Hall–Kier alpha value is -0.580. The minimum atomic E-state index is -0.454. The van der Waals surface area contributed by atoms with E-state index in [1.54, 1.807) is 11.3 Å². The molecule has 0 bridgehead atoms. The quantitative estimate of drug-likeness (QED) is 0.798. The predicted octanol–water partition coefficient (Wildman–Crippen LogP) is 3.05. The third-order valence-corrected chi connectivity index (χ3v) is 5.28. The molecule has 1 saturated heterocycles. The highest BCUT2D eigenvalue weighted by Gasteiger charge is 2.32. The highest BCUT2D eigenvalue weighted by atomic mass is 35.5. The number of nitrogens with zero attached hydrogens (tertiary/aromatic N) is 2. The van der Waals surface area contributed by atoms with E-state index in [-0.39, 0.29) is 5.91 Å². The summed E-state index contributed by atoms with van der Waals surface area (Å²) < 4.78 is 0. The van der Waals surface area contributed by atoms with Crippen LogP contribution in [-0.2, 0) is 11.3 Å². The molecule has 0 radical (unpaired) electrons. The molecule has 112 valence electrons. The summed E-state index contributed by atoms with van der Waals surface area (Å²) in [4.78, 5) is 18.3. The molecule has 0 N–H and O–H groups in total. The molecule has 1 aliphatic rings. The smallest absolute Gasteiger partial charge is 0.229 e. The van der Waals surface area contributed by atoms with Crippen LogP contribution in [0.4, 0.5) is 0 Å². The summed E-state index contributed by atoms with van der Waals surface area (Å²) in [5.74, 6) is 0.562. The number of thiophene rings is 1. The highest BCUT2D eigenvalue weighted by Crippen LogP contribution is 2.22. The maximum absolute atomic E-state index is 12.5. The fourth-order valence-corrected chi connectivity index (χ4v) is 3.30. The number of amides is 1. The third kappa shape index (κ3) is 3.96. The van der Waals surface area contributed by atoms with Crippen molar-refractivity contribution in [3.05, 3.63) is 22.4 Å². The van der Waals surface area contributed by atoms with Gasteiger partial charge in [-0.25, -0.2) is 0 Å². The molecular weight excluding hydrogens is 292 g/mol. The number of rotatable bonds is 4. The Morgan fingerprint density at radius 1 is 1.35 bits per heavy atom. The normalized spacial score (nSPS) is 18.1. The van der Waals surface area contributed by atoms with Crippen LogP contribution >= 0.6 is 22.9 Å². The van der Waals surface area contributed by atoms with E-state index >= 15 is 0 Å². The lowest BCUT2D eigenvalue weighted by Crippen LogP contribution is -2.43. The topological polar surface area (TPSA) is 23.6 Å². The highest BCUT2D eigenvalue weighted by molar-refractivity contribution is 7.09. The van der Waals surface area contributed by atoms with E-state index in [1.807, 2.05) is 18.7 Å². The zero-order chi connectivity index (χ0) is 14.6. The Balaban J connectivity index is 1.90. The van der Waals surface area contributed by atoms with E-state index in [1.165, 1.54) is 4.88 Å². The van der Waals surface area contributed by atoms with Crippen molar-refractivity contribution in [3.8, 4) is 0 Å². The van der Waals surface area contributed by atoms with Crippen LogP contribution in [0, 0.1) is 5.41 Å². The van der Waals surface area contributed by atoms with Gasteiger partial charge in [0.05, 0.1) is 5.41 Å². The van der Waals surface area contributed by atoms with Crippen LogP contribution < -0.4 is 0 Å². The number of carbonyl (C=O) groups is 1. The SMILES string of the molecule is CC(C)(CCl)C(=O)N1CCCN(Cc2cccs2)CC1. The van der Waals surface area contributed by atoms with Crippen molar-refractivity contribution in [2.24, 2.45) is 5.41 Å². The van der Waals surface area contributed by atoms with Gasteiger partial charge in [0.1, 0.15) is 0 Å². The van der Waals surface area contributed by atoms with E-state index < -0.39 is 5.41 Å². The average molecular weight is 315 g/mol. The summed E-state index contributed by atoms with van der Waals surface area (Å²) >= 11 is 7.71. The van der Waals surface area contributed by atoms with E-state index in [0.717, 1.165) is 39.1 Å². The van der Waals surface area contributed by atoms with Gasteiger partial charge < -0.3 is 4.90 Å². The van der Waals surface area contributed by atoms with Crippen molar-refractivity contribution in [3.63, 3.8) is 0 Å². The van der Waals surface area contributed by atoms with Crippen molar-refractivity contribution in [1.29, 1.82) is 0 Å². The lowest BCUT2D eigenvalue weighted by atomic mass is 9.94. The molecule has 2 rings (SSSR count). The summed E-state index contributed by atoms with van der Waals surface area (Å²) in [5.41, 5.74) is -0.454. The standard InChI is InChI=1S/C15H23ClN2OS/c1-15(2,12-16)14(19)18-7-4-6-17(8-9-18)11-13-5-3-10-20-13/h3,5,10H,4,6-9,11-12H2,1-2H3. The second-order valence-electron chi connectivity index (χ2n) is 6.02. The van der Waals surface area contributed by atoms with Crippen molar-refractivity contribution in [2.45, 2.75) is 26.8 Å². The number of carbonyl (C=O) groups excluding carboxylic acids is 1. The van der Waals surface area contributed by atoms with Crippen molar-refractivity contribution in [2.75, 3.05) is 32.1 Å². The molecule has 1 aromatic heterocycles. The van der Waals surface area contributed by atoms with Gasteiger partial charge in [0.2, 0.25) is 5.91 Å². The molecule has 0 aliphatic carbocycles. The van der Waals surface area contributed by atoms with Gasteiger partial charge in [0, 0.05) is 43.5 Å². The van der Waals surface area contributed by atoms with E-state index in [4.69, 9.17) is 11.6 Å².